The van der Waals surface area contributed by atoms with Crippen LogP contribution in [0.5, 0.6) is 11.5 Å². The monoisotopic (exact) mass is 398 g/mol. The van der Waals surface area contributed by atoms with E-state index >= 15 is 0 Å². The Labute approximate surface area is 153 Å². The number of benzene rings is 2. The van der Waals surface area contributed by atoms with Gasteiger partial charge in [-0.2, -0.15) is 0 Å². The van der Waals surface area contributed by atoms with Gasteiger partial charge in [0.05, 0.1) is 0 Å². The molecule has 0 amide bonds. The minimum absolute atomic E-state index is 0.0595. The summed E-state index contributed by atoms with van der Waals surface area (Å²) in [6, 6.07) is 17.3. The van der Waals surface area contributed by atoms with Crippen LogP contribution in [0.15, 0.2) is 75.6 Å². The van der Waals surface area contributed by atoms with Crippen molar-refractivity contribution < 1.29 is 19.1 Å². The van der Waals surface area contributed by atoms with Gasteiger partial charge in [-0.1, -0.05) is 34.1 Å². The summed E-state index contributed by atoms with van der Waals surface area (Å²) in [6.07, 6.45) is 3.00. The zero-order valence-electron chi connectivity index (χ0n) is 13.2. The number of aromatic hydroxyl groups is 1. The molecule has 25 heavy (non-hydrogen) atoms. The maximum atomic E-state index is 12.1. The first-order chi connectivity index (χ1) is 12.1. The molecule has 0 unspecified atom stereocenters. The average molecular weight is 399 g/mol. The number of furan rings is 1. The van der Waals surface area contributed by atoms with E-state index in [1.807, 2.05) is 24.3 Å². The molecule has 1 N–H and O–H groups in total. The second kappa shape index (κ2) is 7.85. The molecule has 1 aromatic heterocycles. The fraction of sp³-hybridized carbons (Fsp3) is 0.0500. The van der Waals surface area contributed by atoms with Gasteiger partial charge in [-0.15, -0.1) is 0 Å². The molecule has 3 aromatic rings. The van der Waals surface area contributed by atoms with Crippen LogP contribution < -0.4 is 4.74 Å². The molecule has 0 aliphatic carbocycles. The minimum atomic E-state index is -0.209. The number of hydrogen-bond donors (Lipinski definition) is 1. The molecule has 0 saturated heterocycles. The number of carbonyl (C=O) groups is 1. The van der Waals surface area contributed by atoms with E-state index in [0.29, 0.717) is 23.7 Å². The van der Waals surface area contributed by atoms with E-state index in [1.165, 1.54) is 18.2 Å². The molecule has 0 bridgehead atoms. The van der Waals surface area contributed by atoms with Crippen molar-refractivity contribution in [3.8, 4) is 11.5 Å². The number of carbonyl (C=O) groups excluding carboxylic acids is 1. The van der Waals surface area contributed by atoms with Gasteiger partial charge < -0.3 is 14.3 Å². The average Bonchev–Trinajstić information content (AvgIpc) is 3.06. The third-order valence-electron chi connectivity index (χ3n) is 3.39. The summed E-state index contributed by atoms with van der Waals surface area (Å²) in [6.45, 7) is 0.296. The zero-order chi connectivity index (χ0) is 17.6. The number of ether oxygens (including phenoxy) is 1. The summed E-state index contributed by atoms with van der Waals surface area (Å²) in [5.41, 5.74) is 0.418. The fourth-order valence-electron chi connectivity index (χ4n) is 2.19. The molecule has 0 spiro atoms. The van der Waals surface area contributed by atoms with Crippen molar-refractivity contribution in [1.82, 2.24) is 0 Å². The Morgan fingerprint density at radius 1 is 1.12 bits per heavy atom. The van der Waals surface area contributed by atoms with E-state index in [2.05, 4.69) is 15.9 Å². The van der Waals surface area contributed by atoms with Crippen LogP contribution in [0.2, 0.25) is 0 Å². The molecule has 0 atom stereocenters. The van der Waals surface area contributed by atoms with Gasteiger partial charge in [0.25, 0.3) is 0 Å². The Balaban J connectivity index is 1.60. The number of allylic oxidation sites excluding steroid dienone is 1. The van der Waals surface area contributed by atoms with Crippen molar-refractivity contribution in [3.05, 3.63) is 88.3 Å². The Bertz CT molecular complexity index is 911. The lowest BCUT2D eigenvalue weighted by atomic mass is 10.1. The fourth-order valence-corrected chi connectivity index (χ4v) is 2.56. The quantitative estimate of drug-likeness (QED) is 0.456. The molecular weight excluding hydrogens is 384 g/mol. The summed E-state index contributed by atoms with van der Waals surface area (Å²) in [5.74, 6) is 1.80. The van der Waals surface area contributed by atoms with Crippen molar-refractivity contribution in [2.45, 2.75) is 6.61 Å². The first-order valence-corrected chi connectivity index (χ1v) is 8.38. The smallest absolute Gasteiger partial charge is 0.186 e. The third-order valence-corrected chi connectivity index (χ3v) is 3.88. The van der Waals surface area contributed by atoms with E-state index in [4.69, 9.17) is 9.15 Å². The predicted octanol–water partition coefficient (Wildman–Crippen LogP) is 5.22. The molecule has 0 fully saturated rings. The van der Waals surface area contributed by atoms with E-state index in [0.717, 1.165) is 10.2 Å². The zero-order valence-corrected chi connectivity index (χ0v) is 14.8. The standard InChI is InChI=1S/C20H15BrO4/c21-15-4-2-6-18(12-15)24-13-19-8-7-17(25-19)9-10-20(23)14-3-1-5-16(22)11-14/h1-12,22H,13H2/b10-9+. The molecule has 1 heterocycles. The van der Waals surface area contributed by atoms with Crippen molar-refractivity contribution >= 4 is 27.8 Å². The van der Waals surface area contributed by atoms with Gasteiger partial charge in [0.1, 0.15) is 29.6 Å². The molecule has 0 aliphatic heterocycles. The highest BCUT2D eigenvalue weighted by molar-refractivity contribution is 9.10. The van der Waals surface area contributed by atoms with Gasteiger partial charge in [-0.3, -0.25) is 4.79 Å². The van der Waals surface area contributed by atoms with Crippen LogP contribution in [0.4, 0.5) is 0 Å². The Morgan fingerprint density at radius 3 is 2.76 bits per heavy atom. The van der Waals surface area contributed by atoms with Gasteiger partial charge >= 0.3 is 0 Å². The number of rotatable bonds is 6. The van der Waals surface area contributed by atoms with Gasteiger partial charge in [0.2, 0.25) is 0 Å². The minimum Gasteiger partial charge on any atom is -0.508 e. The molecule has 0 saturated carbocycles. The maximum Gasteiger partial charge on any atom is 0.186 e. The van der Waals surface area contributed by atoms with Crippen LogP contribution in [-0.2, 0) is 6.61 Å². The number of ketones is 1. The second-order valence-corrected chi connectivity index (χ2v) is 6.21. The molecule has 126 valence electrons. The van der Waals surface area contributed by atoms with Gasteiger partial charge in [0, 0.05) is 10.0 Å². The highest BCUT2D eigenvalue weighted by Gasteiger charge is 2.05. The summed E-state index contributed by atoms with van der Waals surface area (Å²) < 4.78 is 12.2. The van der Waals surface area contributed by atoms with Crippen molar-refractivity contribution in [2.24, 2.45) is 0 Å². The third kappa shape index (κ3) is 4.84. The van der Waals surface area contributed by atoms with Crippen LogP contribution in [0.3, 0.4) is 0 Å². The summed E-state index contributed by atoms with van der Waals surface area (Å²) in [7, 11) is 0. The Morgan fingerprint density at radius 2 is 1.96 bits per heavy atom. The van der Waals surface area contributed by atoms with Crippen LogP contribution in [0, 0.1) is 0 Å². The van der Waals surface area contributed by atoms with Crippen molar-refractivity contribution in [1.29, 1.82) is 0 Å². The van der Waals surface area contributed by atoms with E-state index in [9.17, 15) is 9.90 Å². The predicted molar refractivity (Wildman–Crippen MR) is 98.7 cm³/mol. The molecular formula is C20H15BrO4. The molecule has 0 radical (unpaired) electrons. The lowest BCUT2D eigenvalue weighted by Crippen LogP contribution is -1.93. The highest BCUT2D eigenvalue weighted by Crippen LogP contribution is 2.20. The molecule has 4 nitrogen and oxygen atoms in total. The SMILES string of the molecule is O=C(/C=C/c1ccc(COc2cccc(Br)c2)o1)c1cccc(O)c1. The van der Waals surface area contributed by atoms with Crippen LogP contribution in [0.25, 0.3) is 6.08 Å². The molecule has 2 aromatic carbocycles. The van der Waals surface area contributed by atoms with Crippen molar-refractivity contribution in [2.75, 3.05) is 0 Å². The van der Waals surface area contributed by atoms with Crippen LogP contribution in [0.1, 0.15) is 21.9 Å². The Hall–Kier alpha value is -2.79. The van der Waals surface area contributed by atoms with Crippen LogP contribution >= 0.6 is 15.9 Å². The van der Waals surface area contributed by atoms with Crippen molar-refractivity contribution in [3.63, 3.8) is 0 Å². The lowest BCUT2D eigenvalue weighted by Gasteiger charge is -2.04. The van der Waals surface area contributed by atoms with E-state index in [-0.39, 0.29) is 11.5 Å². The van der Waals surface area contributed by atoms with Gasteiger partial charge in [-0.25, -0.2) is 0 Å². The molecule has 3 rings (SSSR count). The lowest BCUT2D eigenvalue weighted by molar-refractivity contribution is 0.104. The van der Waals surface area contributed by atoms with Gasteiger partial charge in [0.15, 0.2) is 5.78 Å². The van der Waals surface area contributed by atoms with Gasteiger partial charge in [-0.05, 0) is 54.6 Å². The van der Waals surface area contributed by atoms with E-state index < -0.39 is 0 Å². The first kappa shape index (κ1) is 17.0. The first-order valence-electron chi connectivity index (χ1n) is 7.59. The number of phenolic OH excluding ortho intramolecular Hbond substituents is 1. The highest BCUT2D eigenvalue weighted by atomic mass is 79.9. The number of phenols is 1. The summed E-state index contributed by atoms with van der Waals surface area (Å²) >= 11 is 3.39. The normalized spacial score (nSPS) is 10.9. The summed E-state index contributed by atoms with van der Waals surface area (Å²) in [5, 5.41) is 9.41. The second-order valence-electron chi connectivity index (χ2n) is 5.30. The number of hydrogen-bond acceptors (Lipinski definition) is 4. The maximum absolute atomic E-state index is 12.1. The molecule has 5 heteroatoms. The Kier molecular flexibility index (Phi) is 5.36. The topological polar surface area (TPSA) is 59.7 Å². The van der Waals surface area contributed by atoms with Crippen LogP contribution in [-0.4, -0.2) is 10.9 Å². The molecule has 0 aliphatic rings. The number of halogens is 1. The van der Waals surface area contributed by atoms with E-state index in [1.54, 1.807) is 30.3 Å². The summed E-state index contributed by atoms with van der Waals surface area (Å²) in [4.78, 5) is 12.1. The largest absolute Gasteiger partial charge is 0.508 e.